The van der Waals surface area contributed by atoms with Gasteiger partial charge in [-0.1, -0.05) is 32.9 Å². The number of phenols is 6. The molecule has 12 heteroatoms. The molecule has 0 amide bonds. The van der Waals surface area contributed by atoms with Crippen molar-refractivity contribution in [1.29, 1.82) is 0 Å². The number of phenolic OH excluding ortho intramolecular Hbond substituents is 6. The van der Waals surface area contributed by atoms with Crippen LogP contribution in [0.4, 0.5) is 0 Å². The van der Waals surface area contributed by atoms with Crippen LogP contribution in [-0.2, 0) is 15.9 Å². The van der Waals surface area contributed by atoms with Gasteiger partial charge in [-0.15, -0.1) is 0 Å². The zero-order valence-corrected chi connectivity index (χ0v) is 32.8. The standard InChI is InChI=1S/C43H56N4O8/c1-6-28-29-21-26(4)34(41(51)36(29)31(39(49)38(28)48)23-44-9-7-11-46-13-17-54-18-14-46)35-27(5)22-30-33(25(2)3)43(53)40(50)32(37(30)42(35)52)24-45-10-8-12-47-15-19-55-20-16-47/h21-25,48-53H,6-20H2,1-5H3. The summed E-state index contributed by atoms with van der Waals surface area (Å²) in [5, 5.41) is 71.6. The fraction of sp³-hybridized carbons (Fsp3) is 0.488. The van der Waals surface area contributed by atoms with Gasteiger partial charge in [-0.2, -0.15) is 0 Å². The number of hydrogen-bond donors (Lipinski definition) is 6. The van der Waals surface area contributed by atoms with Crippen molar-refractivity contribution in [3.05, 3.63) is 45.5 Å². The van der Waals surface area contributed by atoms with E-state index in [-0.39, 0.29) is 51.5 Å². The van der Waals surface area contributed by atoms with Gasteiger partial charge in [0.1, 0.15) is 11.5 Å². The van der Waals surface area contributed by atoms with E-state index in [4.69, 9.17) is 9.47 Å². The fourth-order valence-corrected chi connectivity index (χ4v) is 8.17. The van der Waals surface area contributed by atoms with E-state index in [0.29, 0.717) is 101 Å². The minimum absolute atomic E-state index is 0.181. The summed E-state index contributed by atoms with van der Waals surface area (Å²) in [6.45, 7) is 18.4. The van der Waals surface area contributed by atoms with Gasteiger partial charge in [0.15, 0.2) is 23.0 Å². The SMILES string of the molecule is CCc1c(O)c(O)c(C=NCCCN2CCOCC2)c2c(O)c(-c3c(C)cc4c(C(C)C)c(O)c(O)c(C=NCCCN5CCOCC5)c4c3O)c(C)cc12. The maximum atomic E-state index is 12.3. The Morgan fingerprint density at radius 1 is 0.636 bits per heavy atom. The van der Waals surface area contributed by atoms with E-state index >= 15 is 0 Å². The molecule has 4 aromatic rings. The number of aryl methyl sites for hydroxylation is 3. The topological polar surface area (TPSA) is 171 Å². The third-order valence-corrected chi connectivity index (χ3v) is 11.0. The van der Waals surface area contributed by atoms with Gasteiger partial charge >= 0.3 is 0 Å². The molecule has 2 saturated heterocycles. The molecule has 0 spiro atoms. The van der Waals surface area contributed by atoms with Gasteiger partial charge < -0.3 is 40.1 Å². The molecule has 2 aliphatic rings. The van der Waals surface area contributed by atoms with Crippen LogP contribution in [-0.4, -0.2) is 132 Å². The van der Waals surface area contributed by atoms with Crippen molar-refractivity contribution >= 4 is 34.0 Å². The lowest BCUT2D eigenvalue weighted by Gasteiger charge is -2.26. The van der Waals surface area contributed by atoms with Crippen LogP contribution in [0, 0.1) is 13.8 Å². The van der Waals surface area contributed by atoms with Crippen LogP contribution < -0.4 is 0 Å². The van der Waals surface area contributed by atoms with Crippen LogP contribution in [0.1, 0.15) is 72.9 Å². The predicted molar refractivity (Wildman–Crippen MR) is 218 cm³/mol. The molecule has 0 aliphatic carbocycles. The van der Waals surface area contributed by atoms with E-state index < -0.39 is 0 Å². The Morgan fingerprint density at radius 2 is 1.07 bits per heavy atom. The number of ether oxygens (including phenoxy) is 2. The third-order valence-electron chi connectivity index (χ3n) is 11.0. The molecule has 6 N–H and O–H groups in total. The number of rotatable bonds is 13. The Hall–Kier alpha value is -4.62. The minimum atomic E-state index is -0.377. The Labute approximate surface area is 323 Å². The summed E-state index contributed by atoms with van der Waals surface area (Å²) in [6, 6.07) is 3.71. The van der Waals surface area contributed by atoms with E-state index in [2.05, 4.69) is 19.8 Å². The lowest BCUT2D eigenvalue weighted by molar-refractivity contribution is 0.0377. The number of hydrogen-bond acceptors (Lipinski definition) is 12. The molecule has 2 fully saturated rings. The molecule has 4 aromatic carbocycles. The summed E-state index contributed by atoms with van der Waals surface area (Å²) in [4.78, 5) is 13.9. The van der Waals surface area contributed by atoms with Crippen molar-refractivity contribution in [3.63, 3.8) is 0 Å². The Bertz CT molecular complexity index is 2100. The summed E-state index contributed by atoms with van der Waals surface area (Å²) in [5.74, 6) is -1.84. The molecule has 55 heavy (non-hydrogen) atoms. The summed E-state index contributed by atoms with van der Waals surface area (Å²) < 4.78 is 10.9. The first-order valence-electron chi connectivity index (χ1n) is 19.5. The fourth-order valence-electron chi connectivity index (χ4n) is 8.17. The highest BCUT2D eigenvalue weighted by molar-refractivity contribution is 6.15. The van der Waals surface area contributed by atoms with Gasteiger partial charge in [0.25, 0.3) is 0 Å². The van der Waals surface area contributed by atoms with E-state index in [0.717, 1.165) is 52.1 Å². The molecule has 0 bridgehead atoms. The summed E-state index contributed by atoms with van der Waals surface area (Å²) >= 11 is 0. The van der Waals surface area contributed by atoms with Crippen molar-refractivity contribution < 1.29 is 40.1 Å². The van der Waals surface area contributed by atoms with Crippen molar-refractivity contribution in [2.24, 2.45) is 9.98 Å². The van der Waals surface area contributed by atoms with E-state index in [9.17, 15) is 30.6 Å². The van der Waals surface area contributed by atoms with Crippen LogP contribution in [0.5, 0.6) is 34.5 Å². The molecular weight excluding hydrogens is 700 g/mol. The second-order valence-corrected chi connectivity index (χ2v) is 15.0. The summed E-state index contributed by atoms with van der Waals surface area (Å²) in [5.41, 5.74) is 3.26. The highest BCUT2D eigenvalue weighted by atomic mass is 16.5. The van der Waals surface area contributed by atoms with E-state index in [1.165, 1.54) is 12.4 Å². The average Bonchev–Trinajstić information content (AvgIpc) is 3.16. The monoisotopic (exact) mass is 756 g/mol. The van der Waals surface area contributed by atoms with Crippen molar-refractivity contribution in [2.75, 3.05) is 78.8 Å². The van der Waals surface area contributed by atoms with E-state index in [1.807, 2.05) is 46.8 Å². The summed E-state index contributed by atoms with van der Waals surface area (Å²) in [6.07, 6.45) is 4.98. The van der Waals surface area contributed by atoms with Gasteiger partial charge in [-0.3, -0.25) is 19.8 Å². The lowest BCUT2D eigenvalue weighted by atomic mass is 9.84. The predicted octanol–water partition coefficient (Wildman–Crippen LogP) is 6.48. The number of nitrogens with zero attached hydrogens (tertiary/aromatic N) is 4. The summed E-state index contributed by atoms with van der Waals surface area (Å²) in [7, 11) is 0. The second kappa shape index (κ2) is 17.5. The number of aliphatic imine (C=N–C) groups is 2. The van der Waals surface area contributed by atoms with E-state index in [1.54, 1.807) is 0 Å². The minimum Gasteiger partial charge on any atom is -0.507 e. The average molecular weight is 757 g/mol. The molecule has 0 radical (unpaired) electrons. The second-order valence-electron chi connectivity index (χ2n) is 15.0. The smallest absolute Gasteiger partial charge is 0.167 e. The number of fused-ring (bicyclic) bond motifs is 2. The Morgan fingerprint density at radius 3 is 1.53 bits per heavy atom. The molecule has 12 nitrogen and oxygen atoms in total. The van der Waals surface area contributed by atoms with Crippen LogP contribution in [0.25, 0.3) is 32.7 Å². The first kappa shape index (κ1) is 40.1. The number of aromatic hydroxyl groups is 6. The molecule has 0 aromatic heterocycles. The van der Waals surface area contributed by atoms with Crippen molar-refractivity contribution in [2.45, 2.75) is 59.8 Å². The largest absolute Gasteiger partial charge is 0.507 e. The molecule has 0 unspecified atom stereocenters. The highest BCUT2D eigenvalue weighted by Crippen LogP contribution is 2.53. The van der Waals surface area contributed by atoms with Crippen LogP contribution in [0.15, 0.2) is 22.1 Å². The normalized spacial score (nSPS) is 16.2. The lowest BCUT2D eigenvalue weighted by Crippen LogP contribution is -2.37. The molecule has 0 atom stereocenters. The van der Waals surface area contributed by atoms with Crippen molar-refractivity contribution in [3.8, 4) is 45.6 Å². The Balaban J connectivity index is 1.47. The molecule has 6 rings (SSSR count). The third kappa shape index (κ3) is 8.05. The van der Waals surface area contributed by atoms with Gasteiger partial charge in [-0.05, 0) is 60.9 Å². The van der Waals surface area contributed by atoms with Crippen LogP contribution in [0.3, 0.4) is 0 Å². The molecule has 296 valence electrons. The number of morpholine rings is 2. The molecule has 0 saturated carbocycles. The van der Waals surface area contributed by atoms with Gasteiger partial charge in [0.2, 0.25) is 0 Å². The molecular formula is C43H56N4O8. The van der Waals surface area contributed by atoms with Crippen LogP contribution >= 0.6 is 0 Å². The van der Waals surface area contributed by atoms with Crippen molar-refractivity contribution in [1.82, 2.24) is 9.80 Å². The quantitative estimate of drug-likeness (QED) is 0.0504. The Kier molecular flexibility index (Phi) is 12.7. The first-order valence-corrected chi connectivity index (χ1v) is 19.5. The first-order chi connectivity index (χ1) is 26.5. The molecule has 2 heterocycles. The maximum Gasteiger partial charge on any atom is 0.167 e. The van der Waals surface area contributed by atoms with Gasteiger partial charge in [0.05, 0.1) is 26.4 Å². The van der Waals surface area contributed by atoms with Gasteiger partial charge in [0, 0.05) is 109 Å². The highest BCUT2D eigenvalue weighted by Gasteiger charge is 2.29. The zero-order chi connectivity index (χ0) is 39.4. The zero-order valence-electron chi connectivity index (χ0n) is 32.8. The van der Waals surface area contributed by atoms with Crippen LogP contribution in [0.2, 0.25) is 0 Å². The molecule has 2 aliphatic heterocycles. The number of benzene rings is 4. The van der Waals surface area contributed by atoms with Gasteiger partial charge in [-0.25, -0.2) is 0 Å². The maximum absolute atomic E-state index is 12.3.